The lowest BCUT2D eigenvalue weighted by atomic mass is 10.1. The third kappa shape index (κ3) is 5.25. The second-order valence-corrected chi connectivity index (χ2v) is 9.93. The monoisotopic (exact) mass is 567 g/mol. The number of aromatic amines is 1. The van der Waals surface area contributed by atoms with Gasteiger partial charge in [0, 0.05) is 47.5 Å². The molecule has 0 aliphatic carbocycles. The Morgan fingerprint density at radius 2 is 1.83 bits per heavy atom. The predicted molar refractivity (Wildman–Crippen MR) is 131 cm³/mol. The van der Waals surface area contributed by atoms with Crippen LogP contribution < -0.4 is 10.9 Å². The van der Waals surface area contributed by atoms with E-state index in [2.05, 4.69) is 26.2 Å². The zero-order valence-corrected chi connectivity index (χ0v) is 20.9. The Bertz CT molecular complexity index is 1280. The number of aryl methyl sites for hydroxylation is 1. The molecule has 0 saturated carbocycles. The van der Waals surface area contributed by atoms with E-state index in [0.717, 1.165) is 36.3 Å². The summed E-state index contributed by atoms with van der Waals surface area (Å²) in [4.78, 5) is 53.9. The van der Waals surface area contributed by atoms with Crippen molar-refractivity contribution in [2.45, 2.75) is 38.2 Å². The van der Waals surface area contributed by atoms with E-state index < -0.39 is 53.0 Å². The number of H-pyrrole nitrogens is 1. The number of alkyl halides is 2. The number of piperidine rings is 1. The number of carbonyl (C=O) groups is 2. The van der Waals surface area contributed by atoms with Crippen molar-refractivity contribution in [3.05, 3.63) is 66.0 Å². The number of carbonyl (C=O) groups excluding carboxylic acids is 2. The standard InChI is InChI=1S/C23H24BrF2N5O5/c1-13-7-14(8-19(32)27-13)21(33)30-11-18(23(25,26)12-30)28-20-16(9-15(24)10-17(20)31(35)36)22(34)29-5-3-2-4-6-29/h7-10,18,28H,2-6,11-12H2,1H3,(H,27,32). The van der Waals surface area contributed by atoms with Gasteiger partial charge in [0.25, 0.3) is 23.4 Å². The molecule has 10 nitrogen and oxygen atoms in total. The number of nitrogens with one attached hydrogen (secondary N) is 2. The summed E-state index contributed by atoms with van der Waals surface area (Å²) in [6.07, 6.45) is 2.52. The number of hydrogen-bond acceptors (Lipinski definition) is 6. The number of nitro benzene ring substituents is 1. The van der Waals surface area contributed by atoms with Crippen LogP contribution in [0.4, 0.5) is 20.2 Å². The zero-order valence-electron chi connectivity index (χ0n) is 19.4. The minimum atomic E-state index is -3.46. The Balaban J connectivity index is 1.66. The van der Waals surface area contributed by atoms with E-state index in [0.29, 0.717) is 18.8 Å². The maximum absolute atomic E-state index is 15.1. The molecule has 0 spiro atoms. The van der Waals surface area contributed by atoms with Crippen molar-refractivity contribution < 1.29 is 23.3 Å². The van der Waals surface area contributed by atoms with Crippen LogP contribution in [0.5, 0.6) is 0 Å². The molecule has 2 N–H and O–H groups in total. The molecule has 36 heavy (non-hydrogen) atoms. The summed E-state index contributed by atoms with van der Waals surface area (Å²) in [6.45, 7) is 1.07. The van der Waals surface area contributed by atoms with Gasteiger partial charge in [0.2, 0.25) is 5.56 Å². The first-order chi connectivity index (χ1) is 17.0. The highest BCUT2D eigenvalue weighted by Crippen LogP contribution is 2.38. The average molecular weight is 568 g/mol. The van der Waals surface area contributed by atoms with Gasteiger partial charge in [-0.2, -0.15) is 0 Å². The number of rotatable bonds is 5. The maximum Gasteiger partial charge on any atom is 0.294 e. The van der Waals surface area contributed by atoms with Crippen molar-refractivity contribution >= 4 is 39.1 Å². The summed E-state index contributed by atoms with van der Waals surface area (Å²) in [7, 11) is 0. The Hall–Kier alpha value is -3.35. The SMILES string of the molecule is Cc1cc(C(=O)N2CC(Nc3c(C(=O)N4CCCCC4)cc(Br)cc3[N+](=O)[O-])C(F)(F)C2)cc(=O)[nH]1. The van der Waals surface area contributed by atoms with E-state index >= 15 is 8.78 Å². The molecule has 1 atom stereocenters. The molecule has 2 aliphatic heterocycles. The Morgan fingerprint density at radius 3 is 2.47 bits per heavy atom. The average Bonchev–Trinajstić information content (AvgIpc) is 3.12. The minimum Gasteiger partial charge on any atom is -0.369 e. The fraction of sp³-hybridized carbons (Fsp3) is 0.435. The highest BCUT2D eigenvalue weighted by atomic mass is 79.9. The van der Waals surface area contributed by atoms with E-state index in [9.17, 15) is 24.5 Å². The largest absolute Gasteiger partial charge is 0.369 e. The van der Waals surface area contributed by atoms with Crippen LogP contribution in [-0.4, -0.2) is 69.7 Å². The van der Waals surface area contributed by atoms with Gasteiger partial charge in [0.05, 0.1) is 17.0 Å². The van der Waals surface area contributed by atoms with E-state index in [1.54, 1.807) is 11.8 Å². The molecule has 13 heteroatoms. The van der Waals surface area contributed by atoms with Crippen molar-refractivity contribution in [3.8, 4) is 0 Å². The molecule has 1 aromatic heterocycles. The maximum atomic E-state index is 15.1. The molecule has 2 aliphatic rings. The number of nitro groups is 1. The van der Waals surface area contributed by atoms with Gasteiger partial charge in [-0.25, -0.2) is 8.78 Å². The summed E-state index contributed by atoms with van der Waals surface area (Å²) in [5, 5.41) is 14.4. The number of anilines is 1. The van der Waals surface area contributed by atoms with Crippen LogP contribution in [0.1, 0.15) is 45.7 Å². The van der Waals surface area contributed by atoms with Crippen LogP contribution >= 0.6 is 15.9 Å². The molecular formula is C23H24BrF2N5O5. The van der Waals surface area contributed by atoms with Crippen molar-refractivity contribution in [2.24, 2.45) is 0 Å². The quantitative estimate of drug-likeness (QED) is 0.420. The second-order valence-electron chi connectivity index (χ2n) is 9.02. The Morgan fingerprint density at radius 1 is 1.14 bits per heavy atom. The first-order valence-electron chi connectivity index (χ1n) is 11.4. The number of halogens is 3. The molecule has 192 valence electrons. The summed E-state index contributed by atoms with van der Waals surface area (Å²) in [5.41, 5.74) is -1.12. The third-order valence-corrected chi connectivity index (χ3v) is 6.76. The Labute approximate surface area is 212 Å². The molecular weight excluding hydrogens is 544 g/mol. The molecule has 4 rings (SSSR count). The number of hydrogen-bond donors (Lipinski definition) is 2. The van der Waals surface area contributed by atoms with Gasteiger partial charge in [0.15, 0.2) is 0 Å². The number of likely N-dealkylation sites (tertiary alicyclic amines) is 2. The van der Waals surface area contributed by atoms with Crippen LogP contribution in [0.3, 0.4) is 0 Å². The van der Waals surface area contributed by atoms with Gasteiger partial charge in [0.1, 0.15) is 11.7 Å². The number of benzene rings is 1. The summed E-state index contributed by atoms with van der Waals surface area (Å²) in [5.74, 6) is -4.71. The van der Waals surface area contributed by atoms with Gasteiger partial charge in [-0.15, -0.1) is 0 Å². The first kappa shape index (κ1) is 25.7. The van der Waals surface area contributed by atoms with Gasteiger partial charge in [-0.1, -0.05) is 15.9 Å². The molecule has 0 radical (unpaired) electrons. The lowest BCUT2D eigenvalue weighted by molar-refractivity contribution is -0.384. The molecule has 2 aromatic rings. The van der Waals surface area contributed by atoms with Crippen LogP contribution in [0.25, 0.3) is 0 Å². The second kappa shape index (κ2) is 9.96. The van der Waals surface area contributed by atoms with Gasteiger partial charge >= 0.3 is 0 Å². The van der Waals surface area contributed by atoms with Crippen LogP contribution in [0, 0.1) is 17.0 Å². The number of nitrogens with zero attached hydrogens (tertiary/aromatic N) is 3. The van der Waals surface area contributed by atoms with E-state index in [4.69, 9.17) is 0 Å². The topological polar surface area (TPSA) is 129 Å². The lowest BCUT2D eigenvalue weighted by Crippen LogP contribution is -2.40. The van der Waals surface area contributed by atoms with E-state index in [1.807, 2.05) is 0 Å². The minimum absolute atomic E-state index is 0.0386. The summed E-state index contributed by atoms with van der Waals surface area (Å²) < 4.78 is 30.4. The fourth-order valence-electron chi connectivity index (χ4n) is 4.58. The van der Waals surface area contributed by atoms with Crippen LogP contribution in [0.2, 0.25) is 0 Å². The number of aromatic nitrogens is 1. The predicted octanol–water partition coefficient (Wildman–Crippen LogP) is 3.55. The van der Waals surface area contributed by atoms with E-state index in [-0.39, 0.29) is 21.3 Å². The highest BCUT2D eigenvalue weighted by molar-refractivity contribution is 9.10. The lowest BCUT2D eigenvalue weighted by Gasteiger charge is -2.28. The summed E-state index contributed by atoms with van der Waals surface area (Å²) in [6, 6.07) is 3.24. The zero-order chi connectivity index (χ0) is 26.2. The smallest absolute Gasteiger partial charge is 0.294 e. The van der Waals surface area contributed by atoms with E-state index in [1.165, 1.54) is 12.1 Å². The number of amides is 2. The fourth-order valence-corrected chi connectivity index (χ4v) is 5.02. The van der Waals surface area contributed by atoms with Crippen LogP contribution in [-0.2, 0) is 0 Å². The molecule has 2 fully saturated rings. The molecule has 3 heterocycles. The molecule has 0 bridgehead atoms. The van der Waals surface area contributed by atoms with Crippen molar-refractivity contribution in [1.29, 1.82) is 0 Å². The van der Waals surface area contributed by atoms with Gasteiger partial charge < -0.3 is 20.1 Å². The highest BCUT2D eigenvalue weighted by Gasteiger charge is 2.50. The van der Waals surface area contributed by atoms with Gasteiger partial charge in [-0.3, -0.25) is 24.5 Å². The third-order valence-electron chi connectivity index (χ3n) is 6.30. The number of pyridine rings is 1. The first-order valence-corrected chi connectivity index (χ1v) is 12.2. The van der Waals surface area contributed by atoms with Crippen molar-refractivity contribution in [2.75, 3.05) is 31.5 Å². The van der Waals surface area contributed by atoms with Crippen molar-refractivity contribution in [3.63, 3.8) is 0 Å². The normalized spacial score (nSPS) is 19.3. The molecule has 2 amide bonds. The van der Waals surface area contributed by atoms with Gasteiger partial charge in [-0.05, 0) is 38.3 Å². The van der Waals surface area contributed by atoms with Crippen molar-refractivity contribution in [1.82, 2.24) is 14.8 Å². The van der Waals surface area contributed by atoms with Crippen LogP contribution in [0.15, 0.2) is 33.5 Å². The molecule has 2 saturated heterocycles. The molecule has 1 aromatic carbocycles. The molecule has 1 unspecified atom stereocenters. The Kier molecular flexibility index (Phi) is 7.12. The summed E-state index contributed by atoms with van der Waals surface area (Å²) >= 11 is 3.18.